The van der Waals surface area contributed by atoms with E-state index in [-0.39, 0.29) is 22.1 Å². The van der Waals surface area contributed by atoms with Crippen molar-refractivity contribution < 1.29 is 13.2 Å². The van der Waals surface area contributed by atoms with Crippen LogP contribution in [-0.2, 0) is 16.3 Å². The van der Waals surface area contributed by atoms with Gasteiger partial charge in [0.25, 0.3) is 5.91 Å². The summed E-state index contributed by atoms with van der Waals surface area (Å²) in [6, 6.07) is 13.7. The maximum Gasteiger partial charge on any atom is 0.252 e. The highest BCUT2D eigenvalue weighted by molar-refractivity contribution is 7.91. The molecular weight excluding hydrogens is 334 g/mol. The molecule has 2 aromatic rings. The summed E-state index contributed by atoms with van der Waals surface area (Å²) in [6.45, 7) is 1.96. The van der Waals surface area contributed by atoms with Crippen molar-refractivity contribution in [2.75, 3.05) is 12.3 Å². The van der Waals surface area contributed by atoms with E-state index in [0.717, 1.165) is 5.56 Å². The summed E-state index contributed by atoms with van der Waals surface area (Å²) >= 11 is 5.92. The van der Waals surface area contributed by atoms with Crippen molar-refractivity contribution in [2.24, 2.45) is 0 Å². The Morgan fingerprint density at radius 1 is 1.13 bits per heavy atom. The average Bonchev–Trinajstić information content (AvgIpc) is 2.55. The molecule has 2 aromatic carbocycles. The van der Waals surface area contributed by atoms with Gasteiger partial charge < -0.3 is 5.32 Å². The highest BCUT2D eigenvalue weighted by Gasteiger charge is 2.20. The molecule has 122 valence electrons. The number of hydrogen-bond acceptors (Lipinski definition) is 3. The van der Waals surface area contributed by atoms with Gasteiger partial charge in [-0.05, 0) is 36.2 Å². The van der Waals surface area contributed by atoms with Crippen molar-refractivity contribution in [3.8, 4) is 0 Å². The van der Waals surface area contributed by atoms with Crippen molar-refractivity contribution in [3.63, 3.8) is 0 Å². The van der Waals surface area contributed by atoms with Gasteiger partial charge in [0.05, 0.1) is 16.2 Å². The smallest absolute Gasteiger partial charge is 0.252 e. The first-order valence-electron chi connectivity index (χ1n) is 7.28. The van der Waals surface area contributed by atoms with E-state index in [4.69, 9.17) is 11.6 Å². The van der Waals surface area contributed by atoms with E-state index >= 15 is 0 Å². The van der Waals surface area contributed by atoms with Crippen LogP contribution in [0.1, 0.15) is 22.8 Å². The van der Waals surface area contributed by atoms with Crippen LogP contribution in [0.2, 0.25) is 5.02 Å². The number of amides is 1. The number of halogens is 1. The average molecular weight is 352 g/mol. The van der Waals surface area contributed by atoms with Crippen LogP contribution in [-0.4, -0.2) is 26.6 Å². The molecule has 0 saturated carbocycles. The topological polar surface area (TPSA) is 63.2 Å². The quantitative estimate of drug-likeness (QED) is 0.869. The summed E-state index contributed by atoms with van der Waals surface area (Å²) in [5.41, 5.74) is 1.19. The predicted octanol–water partition coefficient (Wildman–Crippen LogP) is 3.11. The Labute approximate surface area is 141 Å². The molecule has 4 nitrogen and oxygen atoms in total. The van der Waals surface area contributed by atoms with Gasteiger partial charge in [-0.2, -0.15) is 0 Å². The summed E-state index contributed by atoms with van der Waals surface area (Å²) in [7, 11) is -3.43. The maximum atomic E-state index is 12.3. The second-order valence-corrected chi connectivity index (χ2v) is 7.72. The van der Waals surface area contributed by atoms with Gasteiger partial charge in [-0.15, -0.1) is 0 Å². The zero-order chi connectivity index (χ0) is 16.9. The van der Waals surface area contributed by atoms with Crippen molar-refractivity contribution in [2.45, 2.75) is 18.2 Å². The van der Waals surface area contributed by atoms with E-state index in [9.17, 15) is 13.2 Å². The Morgan fingerprint density at radius 3 is 2.57 bits per heavy atom. The first-order valence-corrected chi connectivity index (χ1v) is 9.31. The van der Waals surface area contributed by atoms with E-state index in [1.165, 1.54) is 12.1 Å². The van der Waals surface area contributed by atoms with E-state index in [0.29, 0.717) is 18.0 Å². The predicted molar refractivity (Wildman–Crippen MR) is 91.7 cm³/mol. The van der Waals surface area contributed by atoms with Crippen molar-refractivity contribution >= 4 is 27.3 Å². The molecule has 0 bridgehead atoms. The van der Waals surface area contributed by atoms with Crippen LogP contribution < -0.4 is 5.32 Å². The number of carbonyl (C=O) groups is 1. The van der Waals surface area contributed by atoms with Gasteiger partial charge in [-0.1, -0.05) is 42.8 Å². The Kier molecular flexibility index (Phi) is 5.80. The van der Waals surface area contributed by atoms with Gasteiger partial charge in [0.2, 0.25) is 0 Å². The number of carbonyl (C=O) groups excluding carboxylic acids is 1. The highest BCUT2D eigenvalue weighted by Crippen LogP contribution is 2.17. The zero-order valence-corrected chi connectivity index (χ0v) is 14.3. The van der Waals surface area contributed by atoms with Gasteiger partial charge in [-0.25, -0.2) is 8.42 Å². The Hall–Kier alpha value is -1.85. The Bertz CT molecular complexity index is 803. The summed E-state index contributed by atoms with van der Waals surface area (Å²) < 4.78 is 24.1. The van der Waals surface area contributed by atoms with Gasteiger partial charge in [0.1, 0.15) is 0 Å². The molecule has 6 heteroatoms. The Balaban J connectivity index is 2.07. The lowest BCUT2D eigenvalue weighted by atomic mass is 10.1. The largest absolute Gasteiger partial charge is 0.352 e. The third-order valence-electron chi connectivity index (χ3n) is 3.44. The molecule has 0 atom stereocenters. The summed E-state index contributed by atoms with van der Waals surface area (Å²) in [5, 5.41) is 3.40. The normalized spacial score (nSPS) is 11.2. The molecule has 0 aliphatic heterocycles. The number of nitrogens with one attached hydrogen (secondary N) is 1. The van der Waals surface area contributed by atoms with E-state index in [2.05, 4.69) is 5.32 Å². The minimum Gasteiger partial charge on any atom is -0.352 e. The molecule has 0 aliphatic carbocycles. The fourth-order valence-electron chi connectivity index (χ4n) is 2.19. The minimum atomic E-state index is -3.43. The molecule has 1 amide bonds. The lowest BCUT2D eigenvalue weighted by Crippen LogP contribution is -2.27. The maximum absolute atomic E-state index is 12.3. The monoisotopic (exact) mass is 351 g/mol. The molecule has 23 heavy (non-hydrogen) atoms. The molecule has 1 N–H and O–H groups in total. The SMILES string of the molecule is CCS(=O)(=O)c1ccccc1C(=O)NCCc1cccc(Cl)c1. The molecule has 2 rings (SSSR count). The minimum absolute atomic E-state index is 0.0419. The van der Waals surface area contributed by atoms with E-state index in [1.54, 1.807) is 25.1 Å². The van der Waals surface area contributed by atoms with Crippen LogP contribution >= 0.6 is 11.6 Å². The van der Waals surface area contributed by atoms with Crippen molar-refractivity contribution in [3.05, 3.63) is 64.7 Å². The number of benzene rings is 2. The molecule has 0 fully saturated rings. The van der Waals surface area contributed by atoms with Gasteiger partial charge in [0.15, 0.2) is 9.84 Å². The first-order chi connectivity index (χ1) is 10.9. The van der Waals surface area contributed by atoms with E-state index < -0.39 is 9.84 Å². The van der Waals surface area contributed by atoms with Crippen LogP contribution in [0, 0.1) is 0 Å². The van der Waals surface area contributed by atoms with Crippen LogP contribution in [0.25, 0.3) is 0 Å². The highest BCUT2D eigenvalue weighted by atomic mass is 35.5. The summed E-state index contributed by atoms with van der Waals surface area (Å²) in [5.74, 6) is -0.431. The van der Waals surface area contributed by atoms with Crippen molar-refractivity contribution in [1.29, 1.82) is 0 Å². The van der Waals surface area contributed by atoms with Crippen LogP contribution in [0.15, 0.2) is 53.4 Å². The fraction of sp³-hybridized carbons (Fsp3) is 0.235. The number of hydrogen-bond donors (Lipinski definition) is 1. The zero-order valence-electron chi connectivity index (χ0n) is 12.8. The van der Waals surface area contributed by atoms with Crippen LogP contribution in [0.3, 0.4) is 0 Å². The summed E-state index contributed by atoms with van der Waals surface area (Å²) in [4.78, 5) is 12.4. The second-order valence-electron chi connectivity index (χ2n) is 5.04. The molecule has 0 saturated heterocycles. The molecule has 0 spiro atoms. The van der Waals surface area contributed by atoms with Crippen LogP contribution in [0.4, 0.5) is 0 Å². The number of rotatable bonds is 6. The molecule has 0 aromatic heterocycles. The standard InChI is InChI=1S/C17H18ClNO3S/c1-2-23(21,22)16-9-4-3-8-15(16)17(20)19-11-10-13-6-5-7-14(18)12-13/h3-9,12H,2,10-11H2,1H3,(H,19,20). The molecule has 0 unspecified atom stereocenters. The van der Waals surface area contributed by atoms with E-state index in [1.807, 2.05) is 18.2 Å². The Morgan fingerprint density at radius 2 is 1.87 bits per heavy atom. The fourth-order valence-corrected chi connectivity index (χ4v) is 3.49. The third kappa shape index (κ3) is 4.56. The lowest BCUT2D eigenvalue weighted by Gasteiger charge is -2.10. The van der Waals surface area contributed by atoms with Crippen LogP contribution in [0.5, 0.6) is 0 Å². The van der Waals surface area contributed by atoms with Gasteiger partial charge in [-0.3, -0.25) is 4.79 Å². The second kappa shape index (κ2) is 7.62. The number of sulfone groups is 1. The molecular formula is C17H18ClNO3S. The first kappa shape index (κ1) is 17.5. The molecule has 0 radical (unpaired) electrons. The van der Waals surface area contributed by atoms with Crippen molar-refractivity contribution in [1.82, 2.24) is 5.32 Å². The van der Waals surface area contributed by atoms with Gasteiger partial charge >= 0.3 is 0 Å². The molecule has 0 heterocycles. The summed E-state index contributed by atoms with van der Waals surface area (Å²) in [6.07, 6.45) is 0.620. The third-order valence-corrected chi connectivity index (χ3v) is 5.46. The lowest BCUT2D eigenvalue weighted by molar-refractivity contribution is 0.0951. The molecule has 0 aliphatic rings. The van der Waals surface area contributed by atoms with Gasteiger partial charge in [0, 0.05) is 11.6 Å².